The van der Waals surface area contributed by atoms with Gasteiger partial charge in [-0.3, -0.25) is 0 Å². The van der Waals surface area contributed by atoms with E-state index >= 15 is 0 Å². The highest BCUT2D eigenvalue weighted by Crippen LogP contribution is 2.28. The lowest BCUT2D eigenvalue weighted by atomic mass is 10.1. The topological polar surface area (TPSA) is 9.23 Å². The third-order valence-corrected chi connectivity index (χ3v) is 4.92. The average Bonchev–Trinajstić information content (AvgIpc) is 2.89. The Morgan fingerprint density at radius 1 is 1.10 bits per heavy atom. The molecule has 0 unspecified atom stereocenters. The zero-order valence-corrected chi connectivity index (χ0v) is 13.6. The molecule has 0 aliphatic carbocycles. The molecule has 0 spiro atoms. The van der Waals surface area contributed by atoms with Gasteiger partial charge in [-0.15, -0.1) is 11.3 Å². The van der Waals surface area contributed by atoms with Gasteiger partial charge in [0, 0.05) is 21.2 Å². The number of aryl methyl sites for hydroxylation is 1. The monoisotopic (exact) mass is 346 g/mol. The van der Waals surface area contributed by atoms with Crippen LogP contribution in [0.3, 0.4) is 0 Å². The normalized spacial score (nSPS) is 10.9. The molecule has 0 radical (unpaired) electrons. The van der Waals surface area contributed by atoms with Gasteiger partial charge in [-0.1, -0.05) is 51.8 Å². The molecule has 2 aromatic carbocycles. The van der Waals surface area contributed by atoms with Crippen LogP contribution in [0.2, 0.25) is 0 Å². The Labute approximate surface area is 131 Å². The van der Waals surface area contributed by atoms with Crippen molar-refractivity contribution < 1.29 is 4.74 Å². The maximum absolute atomic E-state index is 6.01. The smallest absolute Gasteiger partial charge is 0.123 e. The third-order valence-electron chi connectivity index (χ3n) is 3.30. The number of halogens is 1. The van der Waals surface area contributed by atoms with Crippen molar-refractivity contribution in [1.82, 2.24) is 0 Å². The fraction of sp³-hybridized carbons (Fsp3) is 0.176. The fourth-order valence-electron chi connectivity index (χ4n) is 2.25. The minimum atomic E-state index is 0.618. The molecular weight excluding hydrogens is 332 g/mol. The number of thiophene rings is 1. The minimum Gasteiger partial charge on any atom is -0.489 e. The van der Waals surface area contributed by atoms with Crippen molar-refractivity contribution in [3.63, 3.8) is 0 Å². The highest BCUT2D eigenvalue weighted by Gasteiger charge is 2.07. The molecule has 0 aliphatic rings. The summed E-state index contributed by atoms with van der Waals surface area (Å²) in [6, 6.07) is 14.8. The van der Waals surface area contributed by atoms with Crippen molar-refractivity contribution in [1.29, 1.82) is 0 Å². The van der Waals surface area contributed by atoms with E-state index in [4.69, 9.17) is 4.74 Å². The van der Waals surface area contributed by atoms with Gasteiger partial charge >= 0.3 is 0 Å². The van der Waals surface area contributed by atoms with Gasteiger partial charge < -0.3 is 4.74 Å². The highest BCUT2D eigenvalue weighted by atomic mass is 79.9. The van der Waals surface area contributed by atoms with E-state index in [1.54, 1.807) is 11.3 Å². The summed E-state index contributed by atoms with van der Waals surface area (Å²) < 4.78 is 7.33. The molecule has 0 amide bonds. The van der Waals surface area contributed by atoms with Gasteiger partial charge in [0.25, 0.3) is 0 Å². The maximum Gasteiger partial charge on any atom is 0.123 e. The third kappa shape index (κ3) is 2.74. The molecule has 0 N–H and O–H groups in total. The second-order valence-electron chi connectivity index (χ2n) is 4.79. The number of fused-ring (bicyclic) bond motifs is 1. The summed E-state index contributed by atoms with van der Waals surface area (Å²) in [7, 11) is 0. The molecule has 3 heteroatoms. The Kier molecular flexibility index (Phi) is 4.08. The van der Waals surface area contributed by atoms with E-state index in [0.717, 1.165) is 11.1 Å². The molecule has 0 fully saturated rings. The van der Waals surface area contributed by atoms with Crippen LogP contribution >= 0.6 is 27.3 Å². The molecule has 0 atom stereocenters. The lowest BCUT2D eigenvalue weighted by Crippen LogP contribution is -1.97. The zero-order chi connectivity index (χ0) is 13.9. The predicted molar refractivity (Wildman–Crippen MR) is 90.0 cm³/mol. The van der Waals surface area contributed by atoms with E-state index in [2.05, 4.69) is 70.7 Å². The Balaban J connectivity index is 1.83. The largest absolute Gasteiger partial charge is 0.489 e. The molecule has 20 heavy (non-hydrogen) atoms. The molecule has 0 saturated heterocycles. The van der Waals surface area contributed by atoms with E-state index in [1.165, 1.54) is 26.8 Å². The first kappa shape index (κ1) is 13.7. The van der Waals surface area contributed by atoms with Crippen molar-refractivity contribution in [3.8, 4) is 5.75 Å². The van der Waals surface area contributed by atoms with Gasteiger partial charge in [-0.05, 0) is 29.8 Å². The van der Waals surface area contributed by atoms with E-state index in [-0.39, 0.29) is 0 Å². The number of hydrogen-bond acceptors (Lipinski definition) is 2. The number of benzene rings is 2. The van der Waals surface area contributed by atoms with Gasteiger partial charge in [-0.25, -0.2) is 0 Å². The van der Waals surface area contributed by atoms with Crippen molar-refractivity contribution in [3.05, 3.63) is 64.5 Å². The first-order chi connectivity index (χ1) is 9.78. The molecule has 1 nitrogen and oxygen atoms in total. The number of ether oxygens (including phenoxy) is 1. The Hall–Kier alpha value is -1.32. The molecule has 3 rings (SSSR count). The summed E-state index contributed by atoms with van der Waals surface area (Å²) in [5.74, 6) is 0.961. The molecule has 1 heterocycles. The summed E-state index contributed by atoms with van der Waals surface area (Å²) in [6.45, 7) is 2.72. The molecule has 0 aliphatic heterocycles. The van der Waals surface area contributed by atoms with Crippen LogP contribution in [-0.2, 0) is 11.9 Å². The molecule has 0 bridgehead atoms. The Morgan fingerprint density at radius 2 is 1.95 bits per heavy atom. The lowest BCUT2D eigenvalue weighted by molar-refractivity contribution is 0.306. The Bertz CT molecular complexity index is 733. The number of hydrogen-bond donors (Lipinski definition) is 0. The predicted octanol–water partition coefficient (Wildman–Crippen LogP) is 5.68. The van der Waals surface area contributed by atoms with E-state index in [1.807, 2.05) is 0 Å². The standard InChI is InChI=1S/C17H15BrOS/c1-12-6-7-16(13(8-12)9-18)19-10-14-11-20-17-5-3-2-4-15(14)17/h2-8,11H,9-10H2,1H3. The van der Waals surface area contributed by atoms with Crippen LogP contribution in [0, 0.1) is 6.92 Å². The summed E-state index contributed by atoms with van der Waals surface area (Å²) in [5.41, 5.74) is 3.71. The second-order valence-corrected chi connectivity index (χ2v) is 6.26. The quantitative estimate of drug-likeness (QED) is 0.552. The first-order valence-corrected chi connectivity index (χ1v) is 8.51. The Morgan fingerprint density at radius 3 is 2.80 bits per heavy atom. The summed E-state index contributed by atoms with van der Waals surface area (Å²) in [4.78, 5) is 0. The zero-order valence-electron chi connectivity index (χ0n) is 11.2. The fourth-order valence-corrected chi connectivity index (χ4v) is 3.64. The highest BCUT2D eigenvalue weighted by molar-refractivity contribution is 9.08. The molecule has 102 valence electrons. The van der Waals surface area contributed by atoms with Crippen molar-refractivity contribution in [2.75, 3.05) is 0 Å². The van der Waals surface area contributed by atoms with Crippen LogP contribution in [0.25, 0.3) is 10.1 Å². The van der Waals surface area contributed by atoms with Crippen molar-refractivity contribution in [2.24, 2.45) is 0 Å². The van der Waals surface area contributed by atoms with Crippen LogP contribution in [0.5, 0.6) is 5.75 Å². The van der Waals surface area contributed by atoms with Crippen LogP contribution in [0.15, 0.2) is 47.8 Å². The van der Waals surface area contributed by atoms with Crippen molar-refractivity contribution in [2.45, 2.75) is 18.9 Å². The molecule has 0 saturated carbocycles. The summed E-state index contributed by atoms with van der Waals surface area (Å²) in [5, 5.41) is 4.30. The number of alkyl halides is 1. The molecular formula is C17H15BrOS. The van der Waals surface area contributed by atoms with Gasteiger partial charge in [0.2, 0.25) is 0 Å². The van der Waals surface area contributed by atoms with Crippen LogP contribution < -0.4 is 4.74 Å². The van der Waals surface area contributed by atoms with Gasteiger partial charge in [0.05, 0.1) is 0 Å². The van der Waals surface area contributed by atoms with Crippen LogP contribution in [-0.4, -0.2) is 0 Å². The second kappa shape index (κ2) is 5.98. The first-order valence-electron chi connectivity index (χ1n) is 6.51. The molecule has 1 aromatic heterocycles. The van der Waals surface area contributed by atoms with Crippen LogP contribution in [0.1, 0.15) is 16.7 Å². The maximum atomic E-state index is 6.01. The minimum absolute atomic E-state index is 0.618. The van der Waals surface area contributed by atoms with Crippen LogP contribution in [0.4, 0.5) is 0 Å². The lowest BCUT2D eigenvalue weighted by Gasteiger charge is -2.10. The summed E-state index contributed by atoms with van der Waals surface area (Å²) >= 11 is 5.30. The van der Waals surface area contributed by atoms with Gasteiger partial charge in [-0.2, -0.15) is 0 Å². The van der Waals surface area contributed by atoms with Crippen molar-refractivity contribution >= 4 is 37.4 Å². The van der Waals surface area contributed by atoms with Gasteiger partial charge in [0.1, 0.15) is 12.4 Å². The van der Waals surface area contributed by atoms with E-state index in [0.29, 0.717) is 6.61 Å². The van der Waals surface area contributed by atoms with E-state index < -0.39 is 0 Å². The van der Waals surface area contributed by atoms with E-state index in [9.17, 15) is 0 Å². The average molecular weight is 347 g/mol. The SMILES string of the molecule is Cc1ccc(OCc2csc3ccccc23)c(CBr)c1. The van der Waals surface area contributed by atoms with Gasteiger partial charge in [0.15, 0.2) is 0 Å². The summed E-state index contributed by atoms with van der Waals surface area (Å²) in [6.07, 6.45) is 0. The molecule has 3 aromatic rings. The number of rotatable bonds is 4.